The van der Waals surface area contributed by atoms with Crippen LogP contribution in [0.4, 0.5) is 4.79 Å². The number of ether oxygens (including phenoxy) is 2. The van der Waals surface area contributed by atoms with Crippen LogP contribution in [0.15, 0.2) is 48.5 Å². The van der Waals surface area contributed by atoms with Crippen LogP contribution in [0, 0.1) is 5.41 Å². The van der Waals surface area contributed by atoms with E-state index >= 15 is 0 Å². The number of carboxylic acid groups (broad SMARTS) is 1. The topological polar surface area (TPSA) is 102 Å². The van der Waals surface area contributed by atoms with Crippen molar-refractivity contribution < 1.29 is 29.0 Å². The average molecular weight is 472 g/mol. The minimum Gasteiger partial charge on any atom is -0.480 e. The van der Waals surface area contributed by atoms with E-state index in [-0.39, 0.29) is 24.9 Å². The van der Waals surface area contributed by atoms with E-state index in [0.717, 1.165) is 22.3 Å². The zero-order valence-electron chi connectivity index (χ0n) is 19.0. The quantitative estimate of drug-likeness (QED) is 0.393. The third-order valence-electron chi connectivity index (χ3n) is 5.69. The summed E-state index contributed by atoms with van der Waals surface area (Å²) in [5, 5.41) is 11.9. The zero-order chi connectivity index (χ0) is 24.0. The fourth-order valence-corrected chi connectivity index (χ4v) is 5.08. The van der Waals surface area contributed by atoms with Gasteiger partial charge in [0.15, 0.2) is 0 Å². The summed E-state index contributed by atoms with van der Waals surface area (Å²) in [7, 11) is 1.34. The third-order valence-corrected chi connectivity index (χ3v) is 7.14. The van der Waals surface area contributed by atoms with E-state index in [1.54, 1.807) is 13.8 Å². The molecule has 0 saturated heterocycles. The van der Waals surface area contributed by atoms with Gasteiger partial charge in [-0.15, -0.1) is 0 Å². The van der Waals surface area contributed by atoms with Gasteiger partial charge in [0.25, 0.3) is 0 Å². The predicted octanol–water partition coefficient (Wildman–Crippen LogP) is 4.30. The first kappa shape index (κ1) is 24.6. The predicted molar refractivity (Wildman–Crippen MR) is 127 cm³/mol. The largest absolute Gasteiger partial charge is 0.480 e. The Morgan fingerprint density at radius 2 is 1.64 bits per heavy atom. The lowest BCUT2D eigenvalue weighted by Gasteiger charge is -2.21. The van der Waals surface area contributed by atoms with Crippen molar-refractivity contribution in [3.8, 4) is 11.1 Å². The fraction of sp³-hybridized carbons (Fsp3) is 0.400. The van der Waals surface area contributed by atoms with Crippen LogP contribution in [0.1, 0.15) is 37.3 Å². The van der Waals surface area contributed by atoms with Gasteiger partial charge in [0.2, 0.25) is 0 Å². The summed E-state index contributed by atoms with van der Waals surface area (Å²) in [5.41, 5.74) is 3.75. The highest BCUT2D eigenvalue weighted by atomic mass is 32.2. The van der Waals surface area contributed by atoms with Crippen LogP contribution in [0.2, 0.25) is 0 Å². The van der Waals surface area contributed by atoms with Crippen molar-refractivity contribution in [3.63, 3.8) is 0 Å². The summed E-state index contributed by atoms with van der Waals surface area (Å²) in [6.45, 7) is 3.67. The van der Waals surface area contributed by atoms with Gasteiger partial charge < -0.3 is 19.9 Å². The number of amides is 1. The van der Waals surface area contributed by atoms with Crippen LogP contribution in [0.3, 0.4) is 0 Å². The van der Waals surface area contributed by atoms with E-state index in [1.165, 1.54) is 18.9 Å². The fourth-order valence-electron chi connectivity index (χ4n) is 3.90. The van der Waals surface area contributed by atoms with E-state index in [0.29, 0.717) is 11.5 Å². The van der Waals surface area contributed by atoms with Crippen molar-refractivity contribution in [2.24, 2.45) is 5.41 Å². The van der Waals surface area contributed by atoms with Crippen molar-refractivity contribution in [3.05, 3.63) is 59.7 Å². The minimum atomic E-state index is -1.13. The lowest BCUT2D eigenvalue weighted by atomic mass is 9.97. The number of benzene rings is 2. The number of methoxy groups -OCH3 is 1. The Morgan fingerprint density at radius 3 is 2.18 bits per heavy atom. The molecule has 2 aromatic carbocycles. The molecule has 0 spiro atoms. The van der Waals surface area contributed by atoms with Gasteiger partial charge in [-0.25, -0.2) is 9.59 Å². The molecule has 176 valence electrons. The maximum absolute atomic E-state index is 12.4. The number of aliphatic carboxylic acids is 1. The lowest BCUT2D eigenvalue weighted by molar-refractivity contribution is -0.149. The second-order valence-corrected chi connectivity index (χ2v) is 9.68. The summed E-state index contributed by atoms with van der Waals surface area (Å²) in [6.07, 6.45) is -0.550. The molecule has 1 amide bonds. The normalized spacial score (nSPS) is 13.5. The highest BCUT2D eigenvalue weighted by molar-refractivity contribution is 7.99. The number of carboxylic acids is 1. The summed E-state index contributed by atoms with van der Waals surface area (Å²) >= 11 is 1.44. The summed E-state index contributed by atoms with van der Waals surface area (Å²) in [5.74, 6) is -0.599. The van der Waals surface area contributed by atoms with Crippen LogP contribution in [-0.4, -0.2) is 54.4 Å². The molecule has 0 fully saturated rings. The molecule has 0 aromatic heterocycles. The number of fused-ring (bicyclic) bond motifs is 3. The van der Waals surface area contributed by atoms with Crippen molar-refractivity contribution in [1.82, 2.24) is 5.32 Å². The molecule has 33 heavy (non-hydrogen) atoms. The molecule has 0 aliphatic heterocycles. The van der Waals surface area contributed by atoms with Gasteiger partial charge in [-0.3, -0.25) is 4.79 Å². The smallest absolute Gasteiger partial charge is 0.407 e. The number of esters is 1. The minimum absolute atomic E-state index is 0.0949. The first-order valence-electron chi connectivity index (χ1n) is 10.7. The van der Waals surface area contributed by atoms with E-state index in [9.17, 15) is 19.5 Å². The van der Waals surface area contributed by atoms with Crippen LogP contribution < -0.4 is 5.32 Å². The van der Waals surface area contributed by atoms with Gasteiger partial charge in [-0.1, -0.05) is 48.5 Å². The lowest BCUT2D eigenvalue weighted by Crippen LogP contribution is -2.42. The Hall–Kier alpha value is -3.00. The van der Waals surface area contributed by atoms with Gasteiger partial charge in [-0.2, -0.15) is 11.8 Å². The van der Waals surface area contributed by atoms with Crippen LogP contribution >= 0.6 is 11.8 Å². The Balaban J connectivity index is 1.53. The van der Waals surface area contributed by atoms with Gasteiger partial charge in [0.1, 0.15) is 12.6 Å². The molecule has 7 nitrogen and oxygen atoms in total. The molecule has 1 aliphatic carbocycles. The summed E-state index contributed by atoms with van der Waals surface area (Å²) in [4.78, 5) is 35.8. The van der Waals surface area contributed by atoms with Gasteiger partial charge in [0, 0.05) is 11.7 Å². The molecule has 1 unspecified atom stereocenters. The summed E-state index contributed by atoms with van der Waals surface area (Å²) < 4.78 is 10.2. The molecule has 0 radical (unpaired) electrons. The number of thioether (sulfide) groups is 1. The Morgan fingerprint density at radius 1 is 1.06 bits per heavy atom. The van der Waals surface area contributed by atoms with Gasteiger partial charge in [0.05, 0.1) is 12.5 Å². The van der Waals surface area contributed by atoms with E-state index in [4.69, 9.17) is 9.47 Å². The molecule has 2 N–H and O–H groups in total. The van der Waals surface area contributed by atoms with E-state index in [2.05, 4.69) is 5.32 Å². The number of alkyl carbamates (subject to hydrolysis) is 1. The Bertz CT molecular complexity index is 976. The first-order valence-corrected chi connectivity index (χ1v) is 11.9. The summed E-state index contributed by atoms with van der Waals surface area (Å²) in [6, 6.07) is 14.9. The Kier molecular flexibility index (Phi) is 8.02. The molecule has 2 aromatic rings. The average Bonchev–Trinajstić information content (AvgIpc) is 3.12. The Labute approximate surface area is 197 Å². The molecule has 0 heterocycles. The highest BCUT2D eigenvalue weighted by Crippen LogP contribution is 2.44. The second-order valence-electron chi connectivity index (χ2n) is 8.58. The van der Waals surface area contributed by atoms with Crippen LogP contribution in [0.5, 0.6) is 0 Å². The number of carbonyl (C=O) groups excluding carboxylic acids is 2. The number of carbonyl (C=O) groups is 3. The second kappa shape index (κ2) is 10.7. The monoisotopic (exact) mass is 471 g/mol. The molecule has 3 rings (SSSR count). The molecule has 1 atom stereocenters. The SMILES string of the molecule is COC(=O)C(C)(C)CSCCC(NC(=O)OCC1c2ccccc2-c2ccccc21)C(=O)O. The number of nitrogens with one attached hydrogen (secondary N) is 1. The number of hydrogen-bond donors (Lipinski definition) is 2. The van der Waals surface area contributed by atoms with Crippen LogP contribution in [0.25, 0.3) is 11.1 Å². The van der Waals surface area contributed by atoms with Crippen molar-refractivity contribution in [2.45, 2.75) is 32.2 Å². The van der Waals surface area contributed by atoms with Crippen molar-refractivity contribution in [1.29, 1.82) is 0 Å². The molecule has 8 heteroatoms. The third kappa shape index (κ3) is 5.87. The van der Waals surface area contributed by atoms with Gasteiger partial charge >= 0.3 is 18.0 Å². The van der Waals surface area contributed by atoms with Crippen molar-refractivity contribution >= 4 is 29.8 Å². The standard InChI is InChI=1S/C25H29NO6S/c1-25(2,23(29)31-3)15-33-13-12-21(22(27)28)26-24(30)32-14-20-18-10-6-4-8-16(18)17-9-5-7-11-19(17)20/h4-11,20-21H,12-15H2,1-3H3,(H,26,30)(H,27,28). The first-order chi connectivity index (χ1) is 15.7. The van der Waals surface area contributed by atoms with Gasteiger partial charge in [-0.05, 0) is 48.3 Å². The number of rotatable bonds is 10. The van der Waals surface area contributed by atoms with Crippen molar-refractivity contribution in [2.75, 3.05) is 25.2 Å². The highest BCUT2D eigenvalue weighted by Gasteiger charge is 2.31. The molecular formula is C25H29NO6S. The maximum atomic E-state index is 12.4. The molecular weight excluding hydrogens is 442 g/mol. The maximum Gasteiger partial charge on any atom is 0.407 e. The zero-order valence-corrected chi connectivity index (χ0v) is 19.8. The molecule has 1 aliphatic rings. The molecule has 0 saturated carbocycles. The van der Waals surface area contributed by atoms with Crippen LogP contribution in [-0.2, 0) is 19.1 Å². The number of hydrogen-bond acceptors (Lipinski definition) is 6. The van der Waals surface area contributed by atoms with E-state index in [1.807, 2.05) is 48.5 Å². The molecule has 0 bridgehead atoms. The van der Waals surface area contributed by atoms with E-state index < -0.39 is 23.5 Å².